The van der Waals surface area contributed by atoms with Crippen LogP contribution >= 0.6 is 0 Å². The third-order valence-electron chi connectivity index (χ3n) is 4.47. The Bertz CT molecular complexity index is 1250. The number of imidazole rings is 1. The lowest BCUT2D eigenvalue weighted by molar-refractivity contribution is -0.134. The van der Waals surface area contributed by atoms with Gasteiger partial charge in [0.15, 0.2) is 0 Å². The highest BCUT2D eigenvalue weighted by Gasteiger charge is 2.07. The van der Waals surface area contributed by atoms with Crippen molar-refractivity contribution in [3.63, 3.8) is 0 Å². The lowest BCUT2D eigenvalue weighted by atomic mass is 10.0. The average Bonchev–Trinajstić information content (AvgIpc) is 3.17. The first kappa shape index (κ1) is 21.3. The first-order valence-corrected chi connectivity index (χ1v) is 9.32. The first-order valence-electron chi connectivity index (χ1n) is 9.32. The summed E-state index contributed by atoms with van der Waals surface area (Å²) in [7, 11) is 0. The van der Waals surface area contributed by atoms with Crippen LogP contribution in [0.15, 0.2) is 73.1 Å². The fourth-order valence-electron chi connectivity index (χ4n) is 2.97. The van der Waals surface area contributed by atoms with Gasteiger partial charge in [-0.3, -0.25) is 15.6 Å². The molecule has 4 rings (SSSR count). The van der Waals surface area contributed by atoms with Crippen molar-refractivity contribution in [1.82, 2.24) is 9.38 Å². The quantitative estimate of drug-likeness (QED) is 0.256. The van der Waals surface area contributed by atoms with Crippen LogP contribution in [0, 0.1) is 10.8 Å². The highest BCUT2D eigenvalue weighted by atomic mass is 16.4. The molecular formula is C23H22N6O2. The maximum Gasteiger partial charge on any atom is 0.300 e. The molecule has 0 amide bonds. The van der Waals surface area contributed by atoms with Crippen molar-refractivity contribution in [3.8, 4) is 22.4 Å². The van der Waals surface area contributed by atoms with Crippen LogP contribution < -0.4 is 11.5 Å². The minimum Gasteiger partial charge on any atom is -0.481 e. The van der Waals surface area contributed by atoms with Gasteiger partial charge in [0.2, 0.25) is 0 Å². The van der Waals surface area contributed by atoms with Crippen LogP contribution in [0.25, 0.3) is 28.0 Å². The Labute approximate surface area is 178 Å². The number of carboxylic acids is 1. The predicted molar refractivity (Wildman–Crippen MR) is 121 cm³/mol. The predicted octanol–water partition coefficient (Wildman–Crippen LogP) is 3.33. The van der Waals surface area contributed by atoms with E-state index in [0.717, 1.165) is 35.0 Å². The third kappa shape index (κ3) is 5.13. The molecule has 2 heterocycles. The minimum absolute atomic E-state index is 0.0345. The first-order chi connectivity index (χ1) is 14.7. The van der Waals surface area contributed by atoms with Gasteiger partial charge in [-0.05, 0) is 23.3 Å². The zero-order valence-corrected chi connectivity index (χ0v) is 16.8. The summed E-state index contributed by atoms with van der Waals surface area (Å²) in [4.78, 5) is 13.6. The van der Waals surface area contributed by atoms with Gasteiger partial charge in [0, 0.05) is 36.0 Å². The number of benzene rings is 2. The van der Waals surface area contributed by atoms with E-state index in [1.807, 2.05) is 65.2 Å². The lowest BCUT2D eigenvalue weighted by Crippen LogP contribution is -2.11. The molecule has 0 saturated heterocycles. The zero-order valence-electron chi connectivity index (χ0n) is 16.8. The fraction of sp³-hybridized carbons (Fsp3) is 0.0435. The number of fused-ring (bicyclic) bond motifs is 1. The van der Waals surface area contributed by atoms with Gasteiger partial charge < -0.3 is 21.0 Å². The van der Waals surface area contributed by atoms with E-state index < -0.39 is 5.97 Å². The fourth-order valence-corrected chi connectivity index (χ4v) is 2.97. The van der Waals surface area contributed by atoms with E-state index in [-0.39, 0.29) is 11.7 Å². The molecule has 2 aromatic carbocycles. The van der Waals surface area contributed by atoms with Crippen molar-refractivity contribution in [2.75, 3.05) is 0 Å². The summed E-state index contributed by atoms with van der Waals surface area (Å²) in [5.74, 6) is -0.732. The van der Waals surface area contributed by atoms with Crippen LogP contribution in [0.1, 0.15) is 18.1 Å². The minimum atomic E-state index is -0.833. The van der Waals surface area contributed by atoms with E-state index >= 15 is 0 Å². The number of hydrogen-bond acceptors (Lipinski definition) is 4. The van der Waals surface area contributed by atoms with Crippen molar-refractivity contribution >= 4 is 23.3 Å². The summed E-state index contributed by atoms with van der Waals surface area (Å²) in [5.41, 5.74) is 17.2. The summed E-state index contributed by atoms with van der Waals surface area (Å²) in [6.45, 7) is 1.08. The van der Waals surface area contributed by atoms with Crippen molar-refractivity contribution < 1.29 is 9.90 Å². The molecule has 8 heteroatoms. The van der Waals surface area contributed by atoms with Crippen molar-refractivity contribution in [3.05, 3.63) is 84.2 Å². The molecule has 0 aliphatic heterocycles. The van der Waals surface area contributed by atoms with E-state index in [1.54, 1.807) is 12.3 Å². The van der Waals surface area contributed by atoms with Crippen LogP contribution in [-0.2, 0) is 4.79 Å². The molecule has 7 N–H and O–H groups in total. The number of amidine groups is 2. The van der Waals surface area contributed by atoms with Gasteiger partial charge in [-0.2, -0.15) is 0 Å². The smallest absolute Gasteiger partial charge is 0.300 e. The highest BCUT2D eigenvalue weighted by Crippen LogP contribution is 2.25. The number of pyridine rings is 1. The Balaban J connectivity index is 0.000000628. The molecule has 0 bridgehead atoms. The van der Waals surface area contributed by atoms with Gasteiger partial charge in [0.05, 0.1) is 5.69 Å². The second-order valence-electron chi connectivity index (χ2n) is 6.81. The van der Waals surface area contributed by atoms with Gasteiger partial charge in [-0.1, -0.05) is 48.5 Å². The number of nitrogens with two attached hydrogens (primary N) is 2. The monoisotopic (exact) mass is 414 g/mol. The molecule has 4 aromatic rings. The molecule has 0 saturated carbocycles. The number of rotatable bonds is 4. The van der Waals surface area contributed by atoms with Gasteiger partial charge in [0.1, 0.15) is 17.3 Å². The molecule has 31 heavy (non-hydrogen) atoms. The Morgan fingerprint density at radius 1 is 0.806 bits per heavy atom. The summed E-state index contributed by atoms with van der Waals surface area (Å²) >= 11 is 0. The zero-order chi connectivity index (χ0) is 22.5. The third-order valence-corrected chi connectivity index (χ3v) is 4.47. The topological polar surface area (TPSA) is 154 Å². The lowest BCUT2D eigenvalue weighted by Gasteiger charge is -2.04. The number of hydrogen-bond donors (Lipinski definition) is 5. The molecule has 0 fully saturated rings. The van der Waals surface area contributed by atoms with Crippen LogP contribution in [0.5, 0.6) is 0 Å². The van der Waals surface area contributed by atoms with Crippen molar-refractivity contribution in [2.24, 2.45) is 11.5 Å². The largest absolute Gasteiger partial charge is 0.481 e. The van der Waals surface area contributed by atoms with E-state index in [0.29, 0.717) is 11.1 Å². The summed E-state index contributed by atoms with van der Waals surface area (Å²) < 4.78 is 1.88. The van der Waals surface area contributed by atoms with Gasteiger partial charge in [-0.15, -0.1) is 0 Å². The number of carboxylic acid groups (broad SMARTS) is 1. The molecule has 156 valence electrons. The molecule has 0 atom stereocenters. The molecule has 0 radical (unpaired) electrons. The standard InChI is InChI=1S/C21H18N6.C2H4O2/c22-20(23)16-7-3-14(4-8-16)13-1-5-15(6-2-13)18-12-27-11-17(21(24)25)9-10-19(27)26-18;1-2(3)4/h1-12H,(H3,22,23)(H3,24,25);1H3,(H,3,4). The summed E-state index contributed by atoms with van der Waals surface area (Å²) in [5, 5.41) is 22.4. The van der Waals surface area contributed by atoms with E-state index in [1.165, 1.54) is 0 Å². The van der Waals surface area contributed by atoms with E-state index in [9.17, 15) is 0 Å². The number of nitrogens with zero attached hydrogens (tertiary/aromatic N) is 2. The molecule has 0 aliphatic carbocycles. The van der Waals surface area contributed by atoms with Gasteiger partial charge >= 0.3 is 0 Å². The van der Waals surface area contributed by atoms with Gasteiger partial charge in [0.25, 0.3) is 5.97 Å². The van der Waals surface area contributed by atoms with Gasteiger partial charge in [-0.25, -0.2) is 4.98 Å². The van der Waals surface area contributed by atoms with Crippen LogP contribution in [0.3, 0.4) is 0 Å². The second-order valence-corrected chi connectivity index (χ2v) is 6.81. The maximum atomic E-state index is 9.00. The number of nitrogen functional groups attached to an aromatic ring is 2. The van der Waals surface area contributed by atoms with E-state index in [4.69, 9.17) is 32.2 Å². The molecule has 2 aromatic heterocycles. The molecule has 0 aliphatic rings. The highest BCUT2D eigenvalue weighted by molar-refractivity contribution is 5.95. The van der Waals surface area contributed by atoms with Crippen LogP contribution in [0.2, 0.25) is 0 Å². The number of carbonyl (C=O) groups is 1. The molecule has 8 nitrogen and oxygen atoms in total. The Kier molecular flexibility index (Phi) is 6.11. The second kappa shape index (κ2) is 8.91. The van der Waals surface area contributed by atoms with Crippen LogP contribution in [-0.4, -0.2) is 32.1 Å². The molecule has 0 unspecified atom stereocenters. The summed E-state index contributed by atoms with van der Waals surface area (Å²) in [6, 6.07) is 19.4. The Hall–Kier alpha value is -4.46. The molecular weight excluding hydrogens is 392 g/mol. The number of aromatic nitrogens is 2. The van der Waals surface area contributed by atoms with Crippen LogP contribution in [0.4, 0.5) is 0 Å². The van der Waals surface area contributed by atoms with E-state index in [2.05, 4.69) is 4.98 Å². The maximum absolute atomic E-state index is 9.00. The average molecular weight is 414 g/mol. The normalized spacial score (nSPS) is 10.2. The number of aliphatic carboxylic acids is 1. The Morgan fingerprint density at radius 3 is 1.77 bits per heavy atom. The molecule has 0 spiro atoms. The number of nitrogens with one attached hydrogen (secondary N) is 2. The SMILES string of the molecule is CC(=O)O.N=C(N)c1ccc(-c2ccc(-c3cn4cc(C(=N)N)ccc4n3)cc2)cc1. The summed E-state index contributed by atoms with van der Waals surface area (Å²) in [6.07, 6.45) is 3.73. The van der Waals surface area contributed by atoms with Crippen molar-refractivity contribution in [2.45, 2.75) is 6.92 Å². The van der Waals surface area contributed by atoms with Crippen molar-refractivity contribution in [1.29, 1.82) is 10.8 Å². The Morgan fingerprint density at radius 2 is 1.26 bits per heavy atom.